The number of benzene rings is 1. The van der Waals surface area contributed by atoms with Crippen molar-refractivity contribution in [2.24, 2.45) is 0 Å². The number of hydrogen-bond donors (Lipinski definition) is 0. The van der Waals surface area contributed by atoms with Crippen LogP contribution in [0.3, 0.4) is 0 Å². The van der Waals surface area contributed by atoms with Gasteiger partial charge in [0.25, 0.3) is 11.8 Å². The number of amides is 2. The van der Waals surface area contributed by atoms with Gasteiger partial charge in [-0.15, -0.1) is 0 Å². The van der Waals surface area contributed by atoms with Crippen molar-refractivity contribution in [2.75, 3.05) is 26.2 Å². The van der Waals surface area contributed by atoms with E-state index in [9.17, 15) is 14.0 Å². The van der Waals surface area contributed by atoms with Crippen LogP contribution in [0.15, 0.2) is 30.3 Å². The molecule has 1 aromatic heterocycles. The fourth-order valence-corrected chi connectivity index (χ4v) is 3.88. The summed E-state index contributed by atoms with van der Waals surface area (Å²) in [5.74, 6) is -0.840. The van der Waals surface area contributed by atoms with E-state index >= 15 is 0 Å². The van der Waals surface area contributed by atoms with Crippen LogP contribution in [0, 0.1) is 19.7 Å². The minimum Gasteiger partial charge on any atom is -0.346 e. The Morgan fingerprint density at radius 2 is 1.44 bits per heavy atom. The average molecular weight is 371 g/mol. The van der Waals surface area contributed by atoms with Gasteiger partial charge in [0.2, 0.25) is 0 Å². The molecule has 6 heteroatoms. The number of aromatic nitrogens is 1. The lowest BCUT2D eigenvalue weighted by molar-refractivity contribution is 0.0532. The maximum absolute atomic E-state index is 13.9. The highest BCUT2D eigenvalue weighted by Crippen LogP contribution is 2.22. The lowest BCUT2D eigenvalue weighted by Crippen LogP contribution is -2.50. The first-order valence-electron chi connectivity index (χ1n) is 9.32. The Morgan fingerprint density at radius 3 is 1.93 bits per heavy atom. The van der Waals surface area contributed by atoms with Crippen LogP contribution >= 0.6 is 0 Å². The average Bonchev–Trinajstić information content (AvgIpc) is 2.95. The number of halogens is 1. The number of carbonyl (C=O) groups is 2. The molecule has 0 saturated carbocycles. The van der Waals surface area contributed by atoms with E-state index in [1.807, 2.05) is 19.9 Å². The molecule has 3 rings (SSSR count). The predicted molar refractivity (Wildman–Crippen MR) is 102 cm³/mol. The topological polar surface area (TPSA) is 45.6 Å². The second-order valence-corrected chi connectivity index (χ2v) is 7.31. The molecule has 1 saturated heterocycles. The minimum atomic E-state index is -0.512. The molecule has 27 heavy (non-hydrogen) atoms. The van der Waals surface area contributed by atoms with Gasteiger partial charge in [0, 0.05) is 43.6 Å². The van der Waals surface area contributed by atoms with Gasteiger partial charge < -0.3 is 14.4 Å². The van der Waals surface area contributed by atoms with E-state index < -0.39 is 5.82 Å². The van der Waals surface area contributed by atoms with Gasteiger partial charge in [0.15, 0.2) is 0 Å². The van der Waals surface area contributed by atoms with E-state index in [1.165, 1.54) is 12.1 Å². The summed E-state index contributed by atoms with van der Waals surface area (Å²) in [5.41, 5.74) is 2.84. The van der Waals surface area contributed by atoms with E-state index in [4.69, 9.17) is 0 Å². The third-order valence-corrected chi connectivity index (χ3v) is 5.19. The quantitative estimate of drug-likeness (QED) is 0.830. The van der Waals surface area contributed by atoms with E-state index in [-0.39, 0.29) is 17.4 Å². The summed E-state index contributed by atoms with van der Waals surface area (Å²) < 4.78 is 16.0. The van der Waals surface area contributed by atoms with E-state index in [0.29, 0.717) is 32.2 Å². The predicted octanol–water partition coefficient (Wildman–Crippen LogP) is 3.42. The molecule has 1 aliphatic heterocycles. The molecule has 5 nitrogen and oxygen atoms in total. The van der Waals surface area contributed by atoms with Crippen molar-refractivity contribution in [3.63, 3.8) is 0 Å². The first kappa shape index (κ1) is 19.1. The fourth-order valence-electron chi connectivity index (χ4n) is 3.88. The molecule has 144 valence electrons. The van der Waals surface area contributed by atoms with Crippen LogP contribution in [0.2, 0.25) is 0 Å². The number of aryl methyl sites for hydroxylation is 1. The summed E-state index contributed by atoms with van der Waals surface area (Å²) in [6, 6.07) is 8.24. The van der Waals surface area contributed by atoms with Crippen molar-refractivity contribution in [1.82, 2.24) is 14.4 Å². The van der Waals surface area contributed by atoms with Crippen LogP contribution in [0.1, 0.15) is 52.0 Å². The van der Waals surface area contributed by atoms with Crippen LogP contribution in [0.25, 0.3) is 0 Å². The second-order valence-electron chi connectivity index (χ2n) is 7.31. The van der Waals surface area contributed by atoms with Gasteiger partial charge in [-0.25, -0.2) is 4.39 Å². The highest BCUT2D eigenvalue weighted by Gasteiger charge is 2.28. The van der Waals surface area contributed by atoms with Gasteiger partial charge in [-0.2, -0.15) is 0 Å². The van der Waals surface area contributed by atoms with Crippen LogP contribution < -0.4 is 0 Å². The van der Waals surface area contributed by atoms with Gasteiger partial charge in [0.1, 0.15) is 5.82 Å². The molecule has 2 aromatic rings. The molecule has 0 atom stereocenters. The number of rotatable bonds is 3. The Bertz CT molecular complexity index is 864. The highest BCUT2D eigenvalue weighted by molar-refractivity contribution is 5.97. The van der Waals surface area contributed by atoms with Crippen molar-refractivity contribution in [3.05, 3.63) is 58.7 Å². The Kier molecular flexibility index (Phi) is 5.35. The van der Waals surface area contributed by atoms with Crippen molar-refractivity contribution in [1.29, 1.82) is 0 Å². The van der Waals surface area contributed by atoms with E-state index in [0.717, 1.165) is 17.0 Å². The summed E-state index contributed by atoms with van der Waals surface area (Å²) >= 11 is 0. The zero-order chi connectivity index (χ0) is 19.7. The summed E-state index contributed by atoms with van der Waals surface area (Å²) in [6.45, 7) is 9.88. The van der Waals surface area contributed by atoms with Gasteiger partial charge in [-0.05, 0) is 45.9 Å². The summed E-state index contributed by atoms with van der Waals surface area (Å²) in [4.78, 5) is 28.9. The lowest BCUT2D eigenvalue weighted by Gasteiger charge is -2.35. The number of carbonyl (C=O) groups excluding carboxylic acids is 2. The van der Waals surface area contributed by atoms with Gasteiger partial charge in [-0.3, -0.25) is 9.59 Å². The molecule has 0 bridgehead atoms. The molecule has 2 amide bonds. The monoisotopic (exact) mass is 371 g/mol. The number of nitrogens with zero attached hydrogens (tertiary/aromatic N) is 3. The highest BCUT2D eigenvalue weighted by atomic mass is 19.1. The van der Waals surface area contributed by atoms with Crippen LogP contribution in [-0.4, -0.2) is 52.4 Å². The maximum Gasteiger partial charge on any atom is 0.256 e. The first-order valence-corrected chi connectivity index (χ1v) is 9.32. The molecular formula is C21H26FN3O2. The van der Waals surface area contributed by atoms with Crippen molar-refractivity contribution >= 4 is 11.8 Å². The third-order valence-electron chi connectivity index (χ3n) is 5.19. The largest absolute Gasteiger partial charge is 0.346 e. The van der Waals surface area contributed by atoms with Gasteiger partial charge in [-0.1, -0.05) is 12.1 Å². The zero-order valence-electron chi connectivity index (χ0n) is 16.3. The molecule has 0 N–H and O–H groups in total. The van der Waals surface area contributed by atoms with Gasteiger partial charge >= 0.3 is 0 Å². The normalized spacial score (nSPS) is 14.7. The Labute approximate surface area is 159 Å². The molecule has 0 spiro atoms. The smallest absolute Gasteiger partial charge is 0.256 e. The summed E-state index contributed by atoms with van der Waals surface area (Å²) in [5, 5.41) is 0. The maximum atomic E-state index is 13.9. The van der Waals surface area contributed by atoms with Gasteiger partial charge in [0.05, 0.1) is 11.1 Å². The van der Waals surface area contributed by atoms with Crippen LogP contribution in [0.4, 0.5) is 4.39 Å². The fraction of sp³-hybridized carbons (Fsp3) is 0.429. The number of piperazine rings is 1. The van der Waals surface area contributed by atoms with Crippen molar-refractivity contribution in [3.8, 4) is 0 Å². The second kappa shape index (κ2) is 7.55. The molecule has 1 fully saturated rings. The molecule has 0 aliphatic carbocycles. The molecule has 0 radical (unpaired) electrons. The van der Waals surface area contributed by atoms with E-state index in [1.54, 1.807) is 21.9 Å². The van der Waals surface area contributed by atoms with Crippen molar-refractivity contribution in [2.45, 2.75) is 33.7 Å². The van der Waals surface area contributed by atoms with Crippen LogP contribution in [-0.2, 0) is 0 Å². The zero-order valence-corrected chi connectivity index (χ0v) is 16.3. The molecule has 2 heterocycles. The SMILES string of the molecule is Cc1cc(C(=O)N2CCN(C(=O)c3ccccc3F)CC2)c(C)n1C(C)C. The Morgan fingerprint density at radius 1 is 0.926 bits per heavy atom. The Balaban J connectivity index is 1.69. The Hall–Kier alpha value is -2.63. The molecule has 0 unspecified atom stereocenters. The summed E-state index contributed by atoms with van der Waals surface area (Å²) in [7, 11) is 0. The lowest BCUT2D eigenvalue weighted by atomic mass is 10.1. The molecule has 1 aliphatic rings. The summed E-state index contributed by atoms with van der Waals surface area (Å²) in [6.07, 6.45) is 0. The van der Waals surface area contributed by atoms with Crippen LogP contribution in [0.5, 0.6) is 0 Å². The number of hydrogen-bond acceptors (Lipinski definition) is 2. The minimum absolute atomic E-state index is 0.00649. The molecule has 1 aromatic carbocycles. The molecular weight excluding hydrogens is 345 g/mol. The van der Waals surface area contributed by atoms with Crippen molar-refractivity contribution < 1.29 is 14.0 Å². The standard InChI is InChI=1S/C21H26FN3O2/c1-14(2)25-15(3)13-18(16(25)4)21(27)24-11-9-23(10-12-24)20(26)17-7-5-6-8-19(17)22/h5-8,13-14H,9-12H2,1-4H3. The third kappa shape index (κ3) is 3.61. The first-order chi connectivity index (χ1) is 12.8. The van der Waals surface area contributed by atoms with E-state index in [2.05, 4.69) is 18.4 Å².